The summed E-state index contributed by atoms with van der Waals surface area (Å²) >= 11 is 0. The predicted octanol–water partition coefficient (Wildman–Crippen LogP) is 2.87. The van der Waals surface area contributed by atoms with Gasteiger partial charge in [-0.3, -0.25) is 19.6 Å². The summed E-state index contributed by atoms with van der Waals surface area (Å²) in [7, 11) is 3.96. The van der Waals surface area contributed by atoms with Crippen LogP contribution in [0.3, 0.4) is 0 Å². The number of carbonyl (C=O) groups is 1. The fraction of sp³-hybridized carbons (Fsp3) is 0.333. The molecule has 37 heavy (non-hydrogen) atoms. The van der Waals surface area contributed by atoms with Crippen LogP contribution in [0.1, 0.15) is 33.7 Å². The smallest absolute Gasteiger partial charge is 0.251 e. The normalized spacial score (nSPS) is 19.0. The predicted molar refractivity (Wildman–Crippen MR) is 140 cm³/mol. The van der Waals surface area contributed by atoms with Crippen LogP contribution in [0.25, 0.3) is 34.3 Å². The van der Waals surface area contributed by atoms with Crippen molar-refractivity contribution in [2.75, 3.05) is 33.4 Å². The van der Waals surface area contributed by atoms with Gasteiger partial charge >= 0.3 is 0 Å². The zero-order valence-corrected chi connectivity index (χ0v) is 20.9. The highest BCUT2D eigenvalue weighted by Crippen LogP contribution is 2.29. The Morgan fingerprint density at radius 3 is 2.95 bits per heavy atom. The second-order valence-corrected chi connectivity index (χ2v) is 9.56. The Morgan fingerprint density at radius 1 is 1.16 bits per heavy atom. The molecule has 6 rings (SSSR count). The Bertz CT molecular complexity index is 1490. The van der Waals surface area contributed by atoms with Crippen molar-refractivity contribution in [2.45, 2.75) is 19.1 Å². The molecule has 0 saturated carbocycles. The van der Waals surface area contributed by atoms with Gasteiger partial charge in [0.15, 0.2) is 0 Å². The first-order valence-electron chi connectivity index (χ1n) is 12.4. The van der Waals surface area contributed by atoms with Gasteiger partial charge in [0.1, 0.15) is 12.4 Å². The number of benzene rings is 1. The minimum Gasteiger partial charge on any atom is -0.491 e. The Morgan fingerprint density at radius 2 is 2.08 bits per heavy atom. The van der Waals surface area contributed by atoms with Crippen LogP contribution < -0.4 is 10.1 Å². The van der Waals surface area contributed by atoms with Gasteiger partial charge in [0.25, 0.3) is 5.91 Å². The number of carbonyl (C=O) groups excluding carboxylic acids is 1. The van der Waals surface area contributed by atoms with Gasteiger partial charge in [0.2, 0.25) is 0 Å². The number of likely N-dealkylation sites (tertiary alicyclic amines) is 1. The van der Waals surface area contributed by atoms with Crippen LogP contribution in [0.4, 0.5) is 0 Å². The zero-order valence-electron chi connectivity index (χ0n) is 20.9. The first-order valence-corrected chi connectivity index (χ1v) is 12.4. The van der Waals surface area contributed by atoms with Crippen molar-refractivity contribution in [1.29, 1.82) is 0 Å². The van der Waals surface area contributed by atoms with E-state index in [0.29, 0.717) is 31.1 Å². The first kappa shape index (κ1) is 23.4. The van der Waals surface area contributed by atoms with E-state index >= 15 is 0 Å². The van der Waals surface area contributed by atoms with Crippen molar-refractivity contribution >= 4 is 29.0 Å². The Hall–Kier alpha value is -4.02. The summed E-state index contributed by atoms with van der Waals surface area (Å²) in [6.07, 6.45) is 8.45. The van der Waals surface area contributed by atoms with E-state index in [0.717, 1.165) is 58.6 Å². The van der Waals surface area contributed by atoms with Gasteiger partial charge in [-0.05, 0) is 50.4 Å². The maximum absolute atomic E-state index is 12.9. The highest BCUT2D eigenvalue weighted by Gasteiger charge is 2.22. The van der Waals surface area contributed by atoms with Crippen molar-refractivity contribution in [3.05, 3.63) is 59.2 Å². The monoisotopic (exact) mass is 499 g/mol. The first-order chi connectivity index (χ1) is 18.0. The molecule has 1 amide bonds. The van der Waals surface area contributed by atoms with Crippen LogP contribution in [-0.4, -0.2) is 75.2 Å². The third-order valence-electron chi connectivity index (χ3n) is 6.96. The molecule has 0 spiro atoms. The van der Waals surface area contributed by atoms with Crippen molar-refractivity contribution in [3.8, 4) is 17.0 Å². The van der Waals surface area contributed by atoms with Crippen molar-refractivity contribution in [1.82, 2.24) is 35.2 Å². The van der Waals surface area contributed by atoms with E-state index in [1.165, 1.54) is 0 Å². The number of ether oxygens (including phenoxy) is 2. The third-order valence-corrected chi connectivity index (χ3v) is 6.96. The van der Waals surface area contributed by atoms with E-state index in [9.17, 15) is 4.79 Å². The molecule has 10 nitrogen and oxygen atoms in total. The lowest BCUT2D eigenvalue weighted by molar-refractivity contribution is 0.0851. The summed E-state index contributed by atoms with van der Waals surface area (Å²) in [6.45, 7) is 2.94. The molecule has 1 atom stereocenters. The lowest BCUT2D eigenvalue weighted by Crippen LogP contribution is -2.36. The van der Waals surface area contributed by atoms with Gasteiger partial charge in [-0.2, -0.15) is 10.2 Å². The Labute approximate surface area is 214 Å². The maximum Gasteiger partial charge on any atom is 0.251 e. The fourth-order valence-electron chi connectivity index (χ4n) is 4.87. The van der Waals surface area contributed by atoms with Crippen molar-refractivity contribution in [2.24, 2.45) is 7.05 Å². The third kappa shape index (κ3) is 4.73. The van der Waals surface area contributed by atoms with E-state index in [1.807, 2.05) is 43.6 Å². The van der Waals surface area contributed by atoms with E-state index in [-0.39, 0.29) is 11.9 Å². The van der Waals surface area contributed by atoms with Gasteiger partial charge in [-0.15, -0.1) is 0 Å². The number of amides is 1. The number of aromatic amines is 1. The molecular formula is C27H29N7O3. The number of hydrogen-bond donors (Lipinski definition) is 2. The SMILES string of the molecule is CN1CCC(NC(=O)c2ccc3c(c2)OCCOCc2c(cnn2C)-c2cc4c(n[nH]c4cn2)/C=C/3)C1. The topological polar surface area (TPSA) is 110 Å². The number of aryl methyl sites for hydroxylation is 1. The summed E-state index contributed by atoms with van der Waals surface area (Å²) in [4.78, 5) is 19.8. The van der Waals surface area contributed by atoms with Gasteiger partial charge in [-0.1, -0.05) is 6.07 Å². The molecule has 4 aromatic rings. The maximum atomic E-state index is 12.9. The molecule has 2 N–H and O–H groups in total. The molecule has 1 fully saturated rings. The van der Waals surface area contributed by atoms with Gasteiger partial charge in [0, 0.05) is 41.7 Å². The summed E-state index contributed by atoms with van der Waals surface area (Å²) in [5.41, 5.74) is 5.71. The lowest BCUT2D eigenvalue weighted by atomic mass is 10.1. The highest BCUT2D eigenvalue weighted by atomic mass is 16.5. The van der Waals surface area contributed by atoms with Crippen LogP contribution in [0.15, 0.2) is 36.7 Å². The number of rotatable bonds is 2. The van der Waals surface area contributed by atoms with E-state index in [4.69, 9.17) is 9.47 Å². The summed E-state index contributed by atoms with van der Waals surface area (Å²) in [6, 6.07) is 7.72. The average Bonchev–Trinajstić information content (AvgIpc) is 3.60. The van der Waals surface area contributed by atoms with Gasteiger partial charge in [0.05, 0.1) is 48.2 Å². The number of likely N-dealkylation sites (N-methyl/N-ethyl adjacent to an activating group) is 1. The summed E-state index contributed by atoms with van der Waals surface area (Å²) < 4.78 is 13.9. The minimum atomic E-state index is -0.0927. The molecule has 1 unspecified atom stereocenters. The average molecular weight is 500 g/mol. The molecule has 0 aliphatic carbocycles. The van der Waals surface area contributed by atoms with Crippen LogP contribution in [-0.2, 0) is 18.4 Å². The Balaban J connectivity index is 1.34. The molecule has 0 radical (unpaired) electrons. The number of aromatic nitrogens is 5. The number of nitrogens with one attached hydrogen (secondary N) is 2. The van der Waals surface area contributed by atoms with Crippen molar-refractivity contribution in [3.63, 3.8) is 0 Å². The largest absolute Gasteiger partial charge is 0.491 e. The number of pyridine rings is 1. The molecule has 2 bridgehead atoms. The van der Waals surface area contributed by atoms with E-state index in [1.54, 1.807) is 16.9 Å². The number of fused-ring (bicyclic) bond motifs is 4. The standard InChI is InChI=1S/C27H29N7O3/c1-33-8-7-19(15-33)30-27(35)18-4-3-17-5-6-22-20-12-23(28-14-24(20)32-31-22)21-13-29-34(2)25(21)16-36-9-10-37-26(17)11-18/h3-6,11-14,19H,7-10,15-16H2,1-2H3,(H,30,35)(H,31,32)/b6-5+. The van der Waals surface area contributed by atoms with Crippen molar-refractivity contribution < 1.29 is 14.3 Å². The highest BCUT2D eigenvalue weighted by molar-refractivity contribution is 5.96. The second kappa shape index (κ2) is 9.79. The molecule has 10 heteroatoms. The number of nitrogens with zero attached hydrogens (tertiary/aromatic N) is 5. The van der Waals surface area contributed by atoms with Crippen LogP contribution in [0.5, 0.6) is 5.75 Å². The molecule has 3 aromatic heterocycles. The molecule has 1 aromatic carbocycles. The second-order valence-electron chi connectivity index (χ2n) is 9.56. The molecule has 2 aliphatic heterocycles. The molecule has 2 aliphatic rings. The quantitative estimate of drug-likeness (QED) is 0.436. The lowest BCUT2D eigenvalue weighted by Gasteiger charge is -2.15. The molecule has 1 saturated heterocycles. The molecule has 190 valence electrons. The molecule has 5 heterocycles. The number of hydrogen-bond acceptors (Lipinski definition) is 7. The Kier molecular flexibility index (Phi) is 6.19. The van der Waals surface area contributed by atoms with Crippen LogP contribution >= 0.6 is 0 Å². The summed E-state index contributed by atoms with van der Waals surface area (Å²) in [5, 5.41) is 16.0. The number of H-pyrrole nitrogens is 1. The van der Waals surface area contributed by atoms with E-state index < -0.39 is 0 Å². The zero-order chi connectivity index (χ0) is 25.4. The summed E-state index contributed by atoms with van der Waals surface area (Å²) in [5.74, 6) is 0.527. The molecular weight excluding hydrogens is 470 g/mol. The fourth-order valence-corrected chi connectivity index (χ4v) is 4.87. The van der Waals surface area contributed by atoms with E-state index in [2.05, 4.69) is 37.5 Å². The van der Waals surface area contributed by atoms with Crippen LogP contribution in [0, 0.1) is 0 Å². The van der Waals surface area contributed by atoms with Gasteiger partial charge in [-0.25, -0.2) is 0 Å². The van der Waals surface area contributed by atoms with Gasteiger partial charge < -0.3 is 19.7 Å². The van der Waals surface area contributed by atoms with Crippen LogP contribution in [0.2, 0.25) is 0 Å². The minimum absolute atomic E-state index is 0.0927.